The summed E-state index contributed by atoms with van der Waals surface area (Å²) in [6.07, 6.45) is 0. The Labute approximate surface area is 202 Å². The molecule has 0 unspecified atom stereocenters. The van der Waals surface area contributed by atoms with Gasteiger partial charge in [-0.1, -0.05) is 54.2 Å². The van der Waals surface area contributed by atoms with Crippen LogP contribution in [0.15, 0.2) is 77.8 Å². The molecule has 174 valence electrons. The summed E-state index contributed by atoms with van der Waals surface area (Å²) in [5.41, 5.74) is 3.39. The minimum Gasteiger partial charge on any atom is -0.497 e. The molecule has 0 aliphatic carbocycles. The molecule has 8 heteroatoms. The Morgan fingerprint density at radius 1 is 0.882 bits per heavy atom. The Bertz CT molecular complexity index is 1270. The summed E-state index contributed by atoms with van der Waals surface area (Å²) in [7, 11) is 4.76. The first kappa shape index (κ1) is 23.3. The van der Waals surface area contributed by atoms with E-state index in [1.807, 2.05) is 54.6 Å². The minimum atomic E-state index is -0.151. The Kier molecular flexibility index (Phi) is 7.39. The summed E-state index contributed by atoms with van der Waals surface area (Å²) in [5, 5.41) is 3.64. The van der Waals surface area contributed by atoms with Crippen molar-refractivity contribution in [1.82, 2.24) is 9.97 Å². The summed E-state index contributed by atoms with van der Waals surface area (Å²) >= 11 is 1.37. The number of nitrogens with zero attached hydrogens (tertiary/aromatic N) is 1. The highest BCUT2D eigenvalue weighted by molar-refractivity contribution is 8.00. The fourth-order valence-corrected chi connectivity index (χ4v) is 4.22. The second-order valence-electron chi connectivity index (χ2n) is 7.27. The third-order valence-corrected chi connectivity index (χ3v) is 6.06. The van der Waals surface area contributed by atoms with Crippen LogP contribution >= 0.6 is 11.8 Å². The molecular formula is C26H25N3O4S. The lowest BCUT2D eigenvalue weighted by molar-refractivity contribution is -0.113. The van der Waals surface area contributed by atoms with Crippen LogP contribution < -0.4 is 19.5 Å². The van der Waals surface area contributed by atoms with Crippen molar-refractivity contribution in [2.45, 2.75) is 5.03 Å². The van der Waals surface area contributed by atoms with Crippen LogP contribution in [0.5, 0.6) is 17.2 Å². The molecule has 1 aromatic heterocycles. The number of nitrogens with one attached hydrogen (secondary N) is 2. The molecule has 0 atom stereocenters. The maximum Gasteiger partial charge on any atom is 0.234 e. The Balaban J connectivity index is 1.54. The van der Waals surface area contributed by atoms with Crippen LogP contribution in [-0.2, 0) is 4.79 Å². The maximum atomic E-state index is 12.7. The topological polar surface area (TPSA) is 85.5 Å². The SMILES string of the molecule is COc1cccc(-c2nc(SCC(=O)Nc3ccc(OC)c(OC)c3)c(-c3ccccc3)[nH]2)c1. The van der Waals surface area contributed by atoms with Crippen LogP contribution in [0.3, 0.4) is 0 Å². The van der Waals surface area contributed by atoms with E-state index in [1.54, 1.807) is 39.5 Å². The van der Waals surface area contributed by atoms with Gasteiger partial charge >= 0.3 is 0 Å². The number of carbonyl (C=O) groups excluding carboxylic acids is 1. The fraction of sp³-hybridized carbons (Fsp3) is 0.154. The van der Waals surface area contributed by atoms with Crippen molar-refractivity contribution >= 4 is 23.4 Å². The van der Waals surface area contributed by atoms with Crippen molar-refractivity contribution in [3.63, 3.8) is 0 Å². The molecule has 1 amide bonds. The van der Waals surface area contributed by atoms with Crippen LogP contribution in [-0.4, -0.2) is 43.0 Å². The predicted molar refractivity (Wildman–Crippen MR) is 135 cm³/mol. The largest absolute Gasteiger partial charge is 0.497 e. The van der Waals surface area contributed by atoms with E-state index < -0.39 is 0 Å². The number of carbonyl (C=O) groups is 1. The third-order valence-electron chi connectivity index (χ3n) is 5.08. The lowest BCUT2D eigenvalue weighted by Gasteiger charge is -2.10. The van der Waals surface area contributed by atoms with Crippen LogP contribution in [0.4, 0.5) is 5.69 Å². The summed E-state index contributed by atoms with van der Waals surface area (Å²) in [4.78, 5) is 20.9. The van der Waals surface area contributed by atoms with Gasteiger partial charge in [-0.2, -0.15) is 0 Å². The molecule has 0 radical (unpaired) electrons. The molecule has 0 saturated heterocycles. The number of rotatable bonds is 9. The monoisotopic (exact) mass is 475 g/mol. The van der Waals surface area contributed by atoms with Crippen molar-refractivity contribution in [2.75, 3.05) is 32.4 Å². The van der Waals surface area contributed by atoms with Gasteiger partial charge in [0.15, 0.2) is 11.5 Å². The van der Waals surface area contributed by atoms with E-state index in [0.29, 0.717) is 23.0 Å². The van der Waals surface area contributed by atoms with Gasteiger partial charge < -0.3 is 24.5 Å². The zero-order valence-corrected chi connectivity index (χ0v) is 19.9. The van der Waals surface area contributed by atoms with E-state index in [1.165, 1.54) is 11.8 Å². The van der Waals surface area contributed by atoms with Crippen LogP contribution in [0.2, 0.25) is 0 Å². The fourth-order valence-electron chi connectivity index (χ4n) is 3.41. The highest BCUT2D eigenvalue weighted by atomic mass is 32.2. The van der Waals surface area contributed by atoms with Gasteiger partial charge in [-0.3, -0.25) is 4.79 Å². The zero-order valence-electron chi connectivity index (χ0n) is 19.1. The molecule has 34 heavy (non-hydrogen) atoms. The van der Waals surface area contributed by atoms with E-state index in [0.717, 1.165) is 27.6 Å². The normalized spacial score (nSPS) is 10.6. The standard InChI is InChI=1S/C26H25N3O4S/c1-31-20-11-7-10-18(14-20)25-28-24(17-8-5-4-6-9-17)26(29-25)34-16-23(30)27-19-12-13-21(32-2)22(15-19)33-3/h4-15H,16H2,1-3H3,(H,27,30)(H,28,29). The van der Waals surface area contributed by atoms with Gasteiger partial charge in [-0.25, -0.2) is 4.98 Å². The first-order valence-electron chi connectivity index (χ1n) is 10.6. The summed E-state index contributed by atoms with van der Waals surface area (Å²) in [5.74, 6) is 2.65. The summed E-state index contributed by atoms with van der Waals surface area (Å²) in [6, 6.07) is 22.9. The number of aromatic amines is 1. The van der Waals surface area contributed by atoms with Crippen LogP contribution in [0, 0.1) is 0 Å². The molecule has 0 fully saturated rings. The highest BCUT2D eigenvalue weighted by Gasteiger charge is 2.16. The van der Waals surface area contributed by atoms with Gasteiger partial charge in [0.2, 0.25) is 5.91 Å². The number of methoxy groups -OCH3 is 3. The summed E-state index contributed by atoms with van der Waals surface area (Å²) in [6.45, 7) is 0. The number of amides is 1. The highest BCUT2D eigenvalue weighted by Crippen LogP contribution is 2.34. The molecule has 0 spiro atoms. The van der Waals surface area contributed by atoms with E-state index in [-0.39, 0.29) is 11.7 Å². The Hall–Kier alpha value is -3.91. The third kappa shape index (κ3) is 5.35. The van der Waals surface area contributed by atoms with E-state index in [2.05, 4.69) is 10.3 Å². The first-order valence-corrected chi connectivity index (χ1v) is 11.5. The molecule has 4 aromatic rings. The summed E-state index contributed by atoms with van der Waals surface area (Å²) < 4.78 is 15.9. The van der Waals surface area contributed by atoms with Crippen LogP contribution in [0.1, 0.15) is 0 Å². The van der Waals surface area contributed by atoms with Crippen molar-refractivity contribution in [3.8, 4) is 39.9 Å². The molecule has 0 aliphatic rings. The molecule has 0 bridgehead atoms. The molecule has 4 rings (SSSR count). The lowest BCUT2D eigenvalue weighted by atomic mass is 10.2. The molecule has 0 aliphatic heterocycles. The second-order valence-corrected chi connectivity index (χ2v) is 8.23. The number of hydrogen-bond acceptors (Lipinski definition) is 6. The number of hydrogen-bond donors (Lipinski definition) is 2. The van der Waals surface area contributed by atoms with Crippen molar-refractivity contribution in [1.29, 1.82) is 0 Å². The zero-order chi connectivity index (χ0) is 23.9. The minimum absolute atomic E-state index is 0.151. The van der Waals surface area contributed by atoms with Gasteiger partial charge in [-0.15, -0.1) is 0 Å². The van der Waals surface area contributed by atoms with Gasteiger partial charge in [0.1, 0.15) is 16.6 Å². The Morgan fingerprint density at radius 3 is 2.38 bits per heavy atom. The smallest absolute Gasteiger partial charge is 0.234 e. The number of benzene rings is 3. The number of anilines is 1. The lowest BCUT2D eigenvalue weighted by Crippen LogP contribution is -2.14. The van der Waals surface area contributed by atoms with Crippen molar-refractivity contribution < 1.29 is 19.0 Å². The maximum absolute atomic E-state index is 12.7. The quantitative estimate of drug-likeness (QED) is 0.311. The van der Waals surface area contributed by atoms with E-state index in [9.17, 15) is 4.79 Å². The predicted octanol–water partition coefficient (Wildman–Crippen LogP) is 5.50. The number of imidazole rings is 1. The molecule has 2 N–H and O–H groups in total. The molecular weight excluding hydrogens is 450 g/mol. The first-order chi connectivity index (χ1) is 16.6. The molecule has 7 nitrogen and oxygen atoms in total. The van der Waals surface area contributed by atoms with Crippen LogP contribution in [0.25, 0.3) is 22.6 Å². The van der Waals surface area contributed by atoms with Gasteiger partial charge in [0.25, 0.3) is 0 Å². The average Bonchev–Trinajstić information content (AvgIpc) is 3.32. The van der Waals surface area contributed by atoms with Gasteiger partial charge in [0, 0.05) is 22.9 Å². The van der Waals surface area contributed by atoms with Crippen molar-refractivity contribution in [3.05, 3.63) is 72.8 Å². The number of thioether (sulfide) groups is 1. The molecule has 1 heterocycles. The average molecular weight is 476 g/mol. The molecule has 3 aromatic carbocycles. The second kappa shape index (κ2) is 10.8. The van der Waals surface area contributed by atoms with E-state index in [4.69, 9.17) is 19.2 Å². The van der Waals surface area contributed by atoms with Crippen molar-refractivity contribution in [2.24, 2.45) is 0 Å². The number of aromatic nitrogens is 2. The Morgan fingerprint density at radius 2 is 1.65 bits per heavy atom. The van der Waals surface area contributed by atoms with E-state index >= 15 is 0 Å². The van der Waals surface area contributed by atoms with Gasteiger partial charge in [0.05, 0.1) is 32.8 Å². The van der Waals surface area contributed by atoms with Gasteiger partial charge in [-0.05, 0) is 24.3 Å². The number of ether oxygens (including phenoxy) is 3. The number of H-pyrrole nitrogens is 1. The molecule has 0 saturated carbocycles.